The minimum absolute atomic E-state index is 0.0478. The van der Waals surface area contributed by atoms with E-state index in [2.05, 4.69) is 15.5 Å². The molecule has 0 aliphatic rings. The molecule has 2 heterocycles. The standard InChI is InChI=1S/C22H18N4O3S/c1-15-7-2-5-11-19(15)26-21(28)17-9-3-4-10-18(17)24-22(26)30-14-20(27)25-23-13-16-8-6-12-29-16/h2-13H,14H2,1H3,(H,25,27)/b23-13-. The molecule has 150 valence electrons. The maximum Gasteiger partial charge on any atom is 0.266 e. The molecule has 0 bridgehead atoms. The van der Waals surface area contributed by atoms with Gasteiger partial charge in [-0.3, -0.25) is 14.2 Å². The molecule has 2 aromatic heterocycles. The van der Waals surface area contributed by atoms with Gasteiger partial charge in [0.2, 0.25) is 0 Å². The van der Waals surface area contributed by atoms with Crippen LogP contribution in [0.5, 0.6) is 0 Å². The van der Waals surface area contributed by atoms with Crippen molar-refractivity contribution in [3.8, 4) is 5.69 Å². The van der Waals surface area contributed by atoms with Gasteiger partial charge >= 0.3 is 0 Å². The fourth-order valence-corrected chi connectivity index (χ4v) is 3.73. The zero-order valence-electron chi connectivity index (χ0n) is 16.1. The molecule has 1 amide bonds. The summed E-state index contributed by atoms with van der Waals surface area (Å²) < 4.78 is 6.68. The van der Waals surface area contributed by atoms with Crippen LogP contribution < -0.4 is 11.0 Å². The molecule has 0 fully saturated rings. The summed E-state index contributed by atoms with van der Waals surface area (Å²) in [5.41, 5.74) is 4.54. The van der Waals surface area contributed by atoms with Crippen LogP contribution in [0, 0.1) is 6.92 Å². The summed E-state index contributed by atoms with van der Waals surface area (Å²) in [5, 5.41) is 4.84. The van der Waals surface area contributed by atoms with E-state index in [0.29, 0.717) is 21.8 Å². The van der Waals surface area contributed by atoms with Gasteiger partial charge in [-0.25, -0.2) is 10.4 Å². The Morgan fingerprint density at radius 2 is 1.97 bits per heavy atom. The van der Waals surface area contributed by atoms with Crippen LogP contribution in [0.15, 0.2) is 86.4 Å². The summed E-state index contributed by atoms with van der Waals surface area (Å²) in [5.74, 6) is 0.265. The predicted octanol–water partition coefficient (Wildman–Crippen LogP) is 3.53. The van der Waals surface area contributed by atoms with E-state index in [1.54, 1.807) is 28.8 Å². The van der Waals surface area contributed by atoms with E-state index in [0.717, 1.165) is 11.3 Å². The number of aromatic nitrogens is 2. The van der Waals surface area contributed by atoms with E-state index in [9.17, 15) is 9.59 Å². The zero-order valence-corrected chi connectivity index (χ0v) is 16.9. The quantitative estimate of drug-likeness (QED) is 0.224. The molecule has 0 spiro atoms. The summed E-state index contributed by atoms with van der Waals surface area (Å²) in [7, 11) is 0. The van der Waals surface area contributed by atoms with Gasteiger partial charge < -0.3 is 4.42 Å². The predicted molar refractivity (Wildman–Crippen MR) is 117 cm³/mol. The maximum absolute atomic E-state index is 13.2. The van der Waals surface area contributed by atoms with Gasteiger partial charge in [-0.15, -0.1) is 0 Å². The van der Waals surface area contributed by atoms with E-state index in [1.807, 2.05) is 43.3 Å². The number of hydrogen-bond acceptors (Lipinski definition) is 6. The molecular formula is C22H18N4O3S. The molecular weight excluding hydrogens is 400 g/mol. The SMILES string of the molecule is Cc1ccccc1-n1c(SCC(=O)N/N=C\c2ccco2)nc2ccccc2c1=O. The molecule has 8 heteroatoms. The minimum atomic E-state index is -0.318. The first-order chi connectivity index (χ1) is 14.6. The first-order valence-electron chi connectivity index (χ1n) is 9.19. The number of hydrazone groups is 1. The molecule has 4 aromatic rings. The molecule has 0 saturated heterocycles. The van der Waals surface area contributed by atoms with Crippen molar-refractivity contribution in [2.75, 3.05) is 5.75 Å². The minimum Gasteiger partial charge on any atom is -0.463 e. The largest absolute Gasteiger partial charge is 0.463 e. The molecule has 4 rings (SSSR count). The van der Waals surface area contributed by atoms with Crippen molar-refractivity contribution in [2.45, 2.75) is 12.1 Å². The summed E-state index contributed by atoms with van der Waals surface area (Å²) in [6, 6.07) is 18.2. The van der Waals surface area contributed by atoms with Gasteiger partial charge in [-0.05, 0) is 42.8 Å². The Morgan fingerprint density at radius 3 is 2.77 bits per heavy atom. The van der Waals surface area contributed by atoms with Crippen LogP contribution in [-0.2, 0) is 4.79 Å². The molecule has 2 aromatic carbocycles. The second kappa shape index (κ2) is 8.79. The lowest BCUT2D eigenvalue weighted by atomic mass is 10.2. The average Bonchev–Trinajstić information content (AvgIpc) is 3.27. The maximum atomic E-state index is 13.2. The zero-order chi connectivity index (χ0) is 20.9. The van der Waals surface area contributed by atoms with E-state index in [4.69, 9.17) is 4.42 Å². The summed E-state index contributed by atoms with van der Waals surface area (Å²) in [6.45, 7) is 1.93. The van der Waals surface area contributed by atoms with Crippen LogP contribution in [0.4, 0.5) is 0 Å². The topological polar surface area (TPSA) is 89.5 Å². The fraction of sp³-hybridized carbons (Fsp3) is 0.0909. The average molecular weight is 418 g/mol. The molecule has 0 unspecified atom stereocenters. The van der Waals surface area contributed by atoms with Gasteiger partial charge in [-0.2, -0.15) is 5.10 Å². The van der Waals surface area contributed by atoms with Crippen molar-refractivity contribution in [1.29, 1.82) is 0 Å². The van der Waals surface area contributed by atoms with Crippen molar-refractivity contribution in [2.24, 2.45) is 5.10 Å². The molecule has 30 heavy (non-hydrogen) atoms. The summed E-state index contributed by atoms with van der Waals surface area (Å²) in [6.07, 6.45) is 2.94. The van der Waals surface area contributed by atoms with Crippen LogP contribution in [0.3, 0.4) is 0 Å². The van der Waals surface area contributed by atoms with Gasteiger partial charge in [-0.1, -0.05) is 42.1 Å². The number of fused-ring (bicyclic) bond motifs is 1. The van der Waals surface area contributed by atoms with Crippen molar-refractivity contribution < 1.29 is 9.21 Å². The van der Waals surface area contributed by atoms with Crippen LogP contribution in [0.2, 0.25) is 0 Å². The Labute approximate surface area is 176 Å². The Morgan fingerprint density at radius 1 is 1.17 bits per heavy atom. The number of aryl methyl sites for hydroxylation is 1. The van der Waals surface area contributed by atoms with Crippen LogP contribution >= 0.6 is 11.8 Å². The Hall–Kier alpha value is -3.65. The van der Waals surface area contributed by atoms with Crippen molar-refractivity contribution in [3.05, 3.63) is 88.6 Å². The highest BCUT2D eigenvalue weighted by atomic mass is 32.2. The van der Waals surface area contributed by atoms with Gasteiger partial charge in [0.1, 0.15) is 5.76 Å². The van der Waals surface area contributed by atoms with E-state index in [-0.39, 0.29) is 17.2 Å². The highest BCUT2D eigenvalue weighted by Crippen LogP contribution is 2.22. The second-order valence-corrected chi connectivity index (χ2v) is 7.38. The van der Waals surface area contributed by atoms with E-state index >= 15 is 0 Å². The van der Waals surface area contributed by atoms with Crippen LogP contribution in [0.25, 0.3) is 16.6 Å². The van der Waals surface area contributed by atoms with E-state index in [1.165, 1.54) is 24.2 Å². The second-order valence-electron chi connectivity index (χ2n) is 6.44. The van der Waals surface area contributed by atoms with Crippen molar-refractivity contribution >= 4 is 34.8 Å². The first-order valence-corrected chi connectivity index (χ1v) is 10.2. The third-order valence-electron chi connectivity index (χ3n) is 4.36. The normalized spacial score (nSPS) is 11.2. The lowest BCUT2D eigenvalue weighted by Crippen LogP contribution is -2.24. The Bertz CT molecular complexity index is 1280. The molecule has 0 saturated carbocycles. The number of rotatable bonds is 6. The molecule has 0 aliphatic heterocycles. The Balaban J connectivity index is 1.63. The number of hydrogen-bond donors (Lipinski definition) is 1. The Kier molecular flexibility index (Phi) is 5.76. The smallest absolute Gasteiger partial charge is 0.266 e. The molecule has 7 nitrogen and oxygen atoms in total. The summed E-state index contributed by atoms with van der Waals surface area (Å²) >= 11 is 1.18. The molecule has 0 atom stereocenters. The summed E-state index contributed by atoms with van der Waals surface area (Å²) in [4.78, 5) is 30.1. The molecule has 0 aliphatic carbocycles. The molecule has 1 N–H and O–H groups in total. The lowest BCUT2D eigenvalue weighted by molar-refractivity contribution is -0.118. The number of benzene rings is 2. The number of carbonyl (C=O) groups is 1. The fourth-order valence-electron chi connectivity index (χ4n) is 2.93. The third-order valence-corrected chi connectivity index (χ3v) is 5.30. The van der Waals surface area contributed by atoms with Gasteiger partial charge in [0, 0.05) is 0 Å². The number of carbonyl (C=O) groups excluding carboxylic acids is 1. The van der Waals surface area contributed by atoms with Crippen LogP contribution in [-0.4, -0.2) is 27.4 Å². The highest BCUT2D eigenvalue weighted by molar-refractivity contribution is 7.99. The first kappa shape index (κ1) is 19.7. The van der Waals surface area contributed by atoms with Gasteiger partial charge in [0.05, 0.1) is 34.8 Å². The van der Waals surface area contributed by atoms with E-state index < -0.39 is 0 Å². The van der Waals surface area contributed by atoms with Crippen molar-refractivity contribution in [3.63, 3.8) is 0 Å². The number of thioether (sulfide) groups is 1. The monoisotopic (exact) mass is 418 g/mol. The van der Waals surface area contributed by atoms with Gasteiger partial charge in [0.25, 0.3) is 11.5 Å². The number of furan rings is 1. The van der Waals surface area contributed by atoms with Crippen molar-refractivity contribution in [1.82, 2.24) is 15.0 Å². The number of para-hydroxylation sites is 2. The number of amides is 1. The van der Waals surface area contributed by atoms with Gasteiger partial charge in [0.15, 0.2) is 5.16 Å². The van der Waals surface area contributed by atoms with Crippen LogP contribution in [0.1, 0.15) is 11.3 Å². The highest BCUT2D eigenvalue weighted by Gasteiger charge is 2.15. The third kappa shape index (κ3) is 4.18. The molecule has 0 radical (unpaired) electrons. The number of nitrogens with zero attached hydrogens (tertiary/aromatic N) is 3. The lowest BCUT2D eigenvalue weighted by Gasteiger charge is -2.14. The number of nitrogens with one attached hydrogen (secondary N) is 1.